The Morgan fingerprint density at radius 2 is 1.81 bits per heavy atom. The molecule has 4 aromatic rings. The summed E-state index contributed by atoms with van der Waals surface area (Å²) in [6.45, 7) is 0.422. The van der Waals surface area contributed by atoms with Gasteiger partial charge in [0.15, 0.2) is 0 Å². The van der Waals surface area contributed by atoms with Crippen LogP contribution in [0.5, 0.6) is 5.75 Å². The Morgan fingerprint density at radius 3 is 2.55 bits per heavy atom. The van der Waals surface area contributed by atoms with Crippen molar-refractivity contribution in [2.24, 2.45) is 7.05 Å². The molecule has 0 aliphatic rings. The summed E-state index contributed by atoms with van der Waals surface area (Å²) in [4.78, 5) is 29.4. The number of rotatable bonds is 6. The Labute approximate surface area is 180 Å². The number of hydrogen-bond acceptors (Lipinski definition) is 3. The Bertz CT molecular complexity index is 1290. The summed E-state index contributed by atoms with van der Waals surface area (Å²) in [6, 6.07) is 17.7. The standard InChI is InChI=1S/C25H25N3O3/c1-27(2)23(29)14-18-9-10-22(31-16-17-7-5-4-6-8-17)20(13-18)21-15-28(3)25(30)24-19(21)11-12-26-24/h4-13,15,26H,14,16H2,1-3H3. The molecule has 0 fully saturated rings. The van der Waals surface area contributed by atoms with Gasteiger partial charge in [0.05, 0.1) is 6.42 Å². The zero-order chi connectivity index (χ0) is 22.0. The lowest BCUT2D eigenvalue weighted by Crippen LogP contribution is -2.23. The largest absolute Gasteiger partial charge is 0.488 e. The van der Waals surface area contributed by atoms with Crippen LogP contribution in [0.2, 0.25) is 0 Å². The zero-order valence-electron chi connectivity index (χ0n) is 17.9. The Balaban J connectivity index is 1.81. The minimum atomic E-state index is -0.0885. The van der Waals surface area contributed by atoms with Crippen LogP contribution in [0.1, 0.15) is 11.1 Å². The highest BCUT2D eigenvalue weighted by molar-refractivity contribution is 5.96. The molecule has 1 amide bonds. The molecule has 31 heavy (non-hydrogen) atoms. The minimum absolute atomic E-state index is 0.0242. The molecule has 158 valence electrons. The van der Waals surface area contributed by atoms with Gasteiger partial charge in [0.1, 0.15) is 17.9 Å². The molecule has 4 rings (SSSR count). The lowest BCUT2D eigenvalue weighted by Gasteiger charge is -2.16. The van der Waals surface area contributed by atoms with Crippen LogP contribution in [0.4, 0.5) is 0 Å². The number of nitrogens with one attached hydrogen (secondary N) is 1. The second-order valence-corrected chi connectivity index (χ2v) is 7.79. The van der Waals surface area contributed by atoms with E-state index in [2.05, 4.69) is 4.98 Å². The number of carbonyl (C=O) groups is 1. The van der Waals surface area contributed by atoms with Crippen LogP contribution >= 0.6 is 0 Å². The molecular formula is C25H25N3O3. The van der Waals surface area contributed by atoms with Gasteiger partial charge >= 0.3 is 0 Å². The van der Waals surface area contributed by atoms with Crippen molar-refractivity contribution in [2.45, 2.75) is 13.0 Å². The molecule has 2 heterocycles. The van der Waals surface area contributed by atoms with E-state index in [0.29, 0.717) is 24.3 Å². The third kappa shape index (κ3) is 4.23. The molecule has 0 radical (unpaired) electrons. The molecule has 6 nitrogen and oxygen atoms in total. The van der Waals surface area contributed by atoms with E-state index in [1.165, 1.54) is 0 Å². The molecule has 0 saturated carbocycles. The number of ether oxygens (including phenoxy) is 1. The highest BCUT2D eigenvalue weighted by atomic mass is 16.5. The number of nitrogens with zero attached hydrogens (tertiary/aromatic N) is 2. The fraction of sp³-hybridized carbons (Fsp3) is 0.200. The summed E-state index contributed by atoms with van der Waals surface area (Å²) in [5.74, 6) is 0.724. The van der Waals surface area contributed by atoms with Crippen molar-refractivity contribution in [1.82, 2.24) is 14.5 Å². The first kappa shape index (κ1) is 20.5. The van der Waals surface area contributed by atoms with Gasteiger partial charge in [-0.25, -0.2) is 0 Å². The van der Waals surface area contributed by atoms with Gasteiger partial charge < -0.3 is 19.2 Å². The van der Waals surface area contributed by atoms with Crippen LogP contribution in [0.3, 0.4) is 0 Å². The fourth-order valence-electron chi connectivity index (χ4n) is 3.58. The van der Waals surface area contributed by atoms with Crippen molar-refractivity contribution in [2.75, 3.05) is 14.1 Å². The van der Waals surface area contributed by atoms with Gasteiger partial charge in [0.25, 0.3) is 5.56 Å². The van der Waals surface area contributed by atoms with Crippen molar-refractivity contribution >= 4 is 16.8 Å². The minimum Gasteiger partial charge on any atom is -0.488 e. The maximum absolute atomic E-state index is 12.5. The second-order valence-electron chi connectivity index (χ2n) is 7.79. The number of aromatic amines is 1. The van der Waals surface area contributed by atoms with E-state index in [9.17, 15) is 9.59 Å². The summed E-state index contributed by atoms with van der Waals surface area (Å²) in [5, 5.41) is 0.823. The maximum atomic E-state index is 12.5. The third-order valence-electron chi connectivity index (χ3n) is 5.32. The lowest BCUT2D eigenvalue weighted by atomic mass is 9.99. The molecule has 0 saturated heterocycles. The van der Waals surface area contributed by atoms with Crippen molar-refractivity contribution in [3.63, 3.8) is 0 Å². The van der Waals surface area contributed by atoms with Gasteiger partial charge in [-0.1, -0.05) is 36.4 Å². The molecule has 0 aliphatic heterocycles. The Hall–Kier alpha value is -3.80. The molecule has 0 spiro atoms. The van der Waals surface area contributed by atoms with E-state index in [1.807, 2.05) is 60.8 Å². The highest BCUT2D eigenvalue weighted by Gasteiger charge is 2.16. The molecule has 0 atom stereocenters. The third-order valence-corrected chi connectivity index (χ3v) is 5.32. The maximum Gasteiger partial charge on any atom is 0.274 e. The summed E-state index contributed by atoms with van der Waals surface area (Å²) >= 11 is 0. The van der Waals surface area contributed by atoms with E-state index >= 15 is 0 Å². The van der Waals surface area contributed by atoms with E-state index < -0.39 is 0 Å². The average Bonchev–Trinajstić information content (AvgIpc) is 3.26. The Kier molecular flexibility index (Phi) is 5.62. The number of hydrogen-bond donors (Lipinski definition) is 1. The molecule has 6 heteroatoms. The first-order valence-corrected chi connectivity index (χ1v) is 10.1. The van der Waals surface area contributed by atoms with E-state index in [0.717, 1.165) is 27.6 Å². The van der Waals surface area contributed by atoms with Gasteiger partial charge in [-0.05, 0) is 29.3 Å². The van der Waals surface area contributed by atoms with Gasteiger partial charge in [0, 0.05) is 50.0 Å². The van der Waals surface area contributed by atoms with Crippen molar-refractivity contribution < 1.29 is 9.53 Å². The highest BCUT2D eigenvalue weighted by Crippen LogP contribution is 2.35. The zero-order valence-corrected chi connectivity index (χ0v) is 17.9. The fourth-order valence-corrected chi connectivity index (χ4v) is 3.58. The van der Waals surface area contributed by atoms with E-state index in [1.54, 1.807) is 36.8 Å². The van der Waals surface area contributed by atoms with Gasteiger partial charge in [-0.3, -0.25) is 9.59 Å². The second kappa shape index (κ2) is 8.52. The number of benzene rings is 2. The van der Waals surface area contributed by atoms with Crippen LogP contribution in [0, 0.1) is 0 Å². The first-order chi connectivity index (χ1) is 14.9. The van der Waals surface area contributed by atoms with Gasteiger partial charge in [-0.15, -0.1) is 0 Å². The van der Waals surface area contributed by atoms with Crippen molar-refractivity contribution in [1.29, 1.82) is 0 Å². The number of pyridine rings is 1. The SMILES string of the molecule is CN(C)C(=O)Cc1ccc(OCc2ccccc2)c(-c2cn(C)c(=O)c3[nH]ccc23)c1. The van der Waals surface area contributed by atoms with Gasteiger partial charge in [-0.2, -0.15) is 0 Å². The number of likely N-dealkylation sites (N-methyl/N-ethyl adjacent to an activating group) is 1. The molecular weight excluding hydrogens is 390 g/mol. The van der Waals surface area contributed by atoms with Crippen LogP contribution in [-0.4, -0.2) is 34.5 Å². The summed E-state index contributed by atoms with van der Waals surface area (Å²) in [6.07, 6.45) is 3.88. The number of aromatic nitrogens is 2. The number of amides is 1. The van der Waals surface area contributed by atoms with Crippen LogP contribution in [-0.2, 0) is 24.9 Å². The predicted molar refractivity (Wildman–Crippen MR) is 122 cm³/mol. The lowest BCUT2D eigenvalue weighted by molar-refractivity contribution is -0.127. The van der Waals surface area contributed by atoms with Crippen molar-refractivity contribution in [3.05, 3.63) is 88.5 Å². The van der Waals surface area contributed by atoms with Crippen LogP contribution in [0.25, 0.3) is 22.0 Å². The summed E-state index contributed by atoms with van der Waals surface area (Å²) < 4.78 is 7.75. The van der Waals surface area contributed by atoms with E-state index in [-0.39, 0.29) is 11.5 Å². The molecule has 2 aromatic heterocycles. The Morgan fingerprint density at radius 1 is 1.03 bits per heavy atom. The smallest absolute Gasteiger partial charge is 0.274 e. The first-order valence-electron chi connectivity index (χ1n) is 10.1. The summed E-state index contributed by atoms with van der Waals surface area (Å²) in [5.41, 5.74) is 4.13. The molecule has 0 bridgehead atoms. The van der Waals surface area contributed by atoms with Crippen molar-refractivity contribution in [3.8, 4) is 16.9 Å². The molecule has 0 unspecified atom stereocenters. The van der Waals surface area contributed by atoms with E-state index in [4.69, 9.17) is 4.74 Å². The molecule has 1 N–H and O–H groups in total. The van der Waals surface area contributed by atoms with Crippen LogP contribution < -0.4 is 10.3 Å². The topological polar surface area (TPSA) is 67.3 Å². The summed E-state index contributed by atoms with van der Waals surface area (Å²) in [7, 11) is 5.23. The monoisotopic (exact) mass is 415 g/mol. The predicted octanol–water partition coefficient (Wildman–Crippen LogP) is 3.74. The number of H-pyrrole nitrogens is 1. The number of fused-ring (bicyclic) bond motifs is 1. The molecule has 0 aliphatic carbocycles. The van der Waals surface area contributed by atoms with Crippen LogP contribution in [0.15, 0.2) is 71.8 Å². The molecule has 2 aromatic carbocycles. The average molecular weight is 415 g/mol. The normalized spacial score (nSPS) is 10.9. The quantitative estimate of drug-likeness (QED) is 0.522. The number of aryl methyl sites for hydroxylation is 1. The number of carbonyl (C=O) groups excluding carboxylic acids is 1. The van der Waals surface area contributed by atoms with Gasteiger partial charge in [0.2, 0.25) is 5.91 Å².